The highest BCUT2D eigenvalue weighted by Crippen LogP contribution is 2.24. The van der Waals surface area contributed by atoms with Crippen LogP contribution in [0.5, 0.6) is 0 Å². The Morgan fingerprint density at radius 3 is 2.62 bits per heavy atom. The van der Waals surface area contributed by atoms with Crippen molar-refractivity contribution in [3.8, 4) is 11.3 Å². The van der Waals surface area contributed by atoms with Gasteiger partial charge < -0.3 is 5.32 Å². The highest BCUT2D eigenvalue weighted by atomic mass is 15.0. The van der Waals surface area contributed by atoms with Crippen LogP contribution in [-0.4, -0.2) is 22.0 Å². The fourth-order valence-electron chi connectivity index (χ4n) is 1.69. The van der Waals surface area contributed by atoms with E-state index < -0.39 is 0 Å². The number of hydrogen-bond acceptors (Lipinski definition) is 4. The molecule has 0 aliphatic rings. The molecule has 2 aromatic rings. The molecule has 1 N–H and O–H groups in total. The molecular weight excluding hydrogens is 200 g/mol. The lowest BCUT2D eigenvalue weighted by atomic mass is 10.1. The lowest BCUT2D eigenvalue weighted by molar-refractivity contribution is 1.12. The van der Waals surface area contributed by atoms with Gasteiger partial charge in [0.05, 0.1) is 5.69 Å². The molecule has 4 heteroatoms. The van der Waals surface area contributed by atoms with Crippen LogP contribution in [0.15, 0.2) is 24.7 Å². The lowest BCUT2D eigenvalue weighted by Crippen LogP contribution is -1.99. The molecule has 0 aliphatic carbocycles. The number of nitrogens with one attached hydrogen (secondary N) is 1. The highest BCUT2D eigenvalue weighted by molar-refractivity contribution is 5.67. The van der Waals surface area contributed by atoms with Gasteiger partial charge in [0.15, 0.2) is 0 Å². The second-order valence-corrected chi connectivity index (χ2v) is 3.63. The monoisotopic (exact) mass is 214 g/mol. The normalized spacial score (nSPS) is 10.2. The van der Waals surface area contributed by atoms with Gasteiger partial charge in [-0.3, -0.25) is 4.98 Å². The van der Waals surface area contributed by atoms with Gasteiger partial charge in [-0.05, 0) is 26.0 Å². The van der Waals surface area contributed by atoms with E-state index in [1.54, 1.807) is 12.5 Å². The maximum absolute atomic E-state index is 4.32. The molecular formula is C12H14N4. The van der Waals surface area contributed by atoms with Crippen molar-refractivity contribution in [1.82, 2.24) is 15.0 Å². The minimum Gasteiger partial charge on any atom is -0.373 e. The zero-order valence-electron chi connectivity index (χ0n) is 9.65. The largest absolute Gasteiger partial charge is 0.373 e. The van der Waals surface area contributed by atoms with Gasteiger partial charge in [-0.2, -0.15) is 0 Å². The van der Waals surface area contributed by atoms with E-state index >= 15 is 0 Å². The zero-order valence-corrected chi connectivity index (χ0v) is 9.65. The first-order valence-corrected chi connectivity index (χ1v) is 5.14. The Hall–Kier alpha value is -1.97. The van der Waals surface area contributed by atoms with Crippen molar-refractivity contribution in [2.75, 3.05) is 12.4 Å². The molecule has 4 nitrogen and oxygen atoms in total. The third-order valence-corrected chi connectivity index (χ3v) is 2.49. The van der Waals surface area contributed by atoms with Crippen molar-refractivity contribution in [2.45, 2.75) is 13.8 Å². The van der Waals surface area contributed by atoms with Gasteiger partial charge in [0.1, 0.15) is 12.1 Å². The second kappa shape index (κ2) is 4.26. The number of pyridine rings is 1. The molecule has 0 atom stereocenters. The van der Waals surface area contributed by atoms with Crippen LogP contribution in [0.1, 0.15) is 11.3 Å². The van der Waals surface area contributed by atoms with E-state index in [1.165, 1.54) is 0 Å². The summed E-state index contributed by atoms with van der Waals surface area (Å²) >= 11 is 0. The van der Waals surface area contributed by atoms with Crippen LogP contribution in [0.2, 0.25) is 0 Å². The molecule has 0 fully saturated rings. The summed E-state index contributed by atoms with van der Waals surface area (Å²) < 4.78 is 0. The molecule has 2 rings (SSSR count). The minimum absolute atomic E-state index is 0.861. The number of rotatable bonds is 2. The average Bonchev–Trinajstić information content (AvgIpc) is 2.29. The van der Waals surface area contributed by atoms with Crippen molar-refractivity contribution in [1.29, 1.82) is 0 Å². The highest BCUT2D eigenvalue weighted by Gasteiger charge is 2.07. The van der Waals surface area contributed by atoms with E-state index in [0.717, 1.165) is 28.3 Å². The molecule has 16 heavy (non-hydrogen) atoms. The van der Waals surface area contributed by atoms with Crippen LogP contribution in [0.3, 0.4) is 0 Å². The molecule has 2 aromatic heterocycles. The first-order chi connectivity index (χ1) is 7.72. The van der Waals surface area contributed by atoms with Crippen LogP contribution < -0.4 is 5.32 Å². The Bertz CT molecular complexity index is 508. The van der Waals surface area contributed by atoms with Crippen molar-refractivity contribution in [2.24, 2.45) is 0 Å². The Kier molecular flexibility index (Phi) is 2.81. The van der Waals surface area contributed by atoms with E-state index in [-0.39, 0.29) is 0 Å². The molecule has 0 aromatic carbocycles. The number of hydrogen-bond donors (Lipinski definition) is 1. The Balaban J connectivity index is 2.56. The smallest absolute Gasteiger partial charge is 0.132 e. The minimum atomic E-state index is 0.861. The van der Waals surface area contributed by atoms with Gasteiger partial charge in [0.2, 0.25) is 0 Å². The molecule has 0 spiro atoms. The third kappa shape index (κ3) is 1.86. The van der Waals surface area contributed by atoms with Gasteiger partial charge >= 0.3 is 0 Å². The summed E-state index contributed by atoms with van der Waals surface area (Å²) in [6.45, 7) is 3.98. The Morgan fingerprint density at radius 2 is 1.94 bits per heavy atom. The van der Waals surface area contributed by atoms with Crippen LogP contribution >= 0.6 is 0 Å². The molecule has 82 valence electrons. The van der Waals surface area contributed by atoms with Gasteiger partial charge in [-0.15, -0.1) is 0 Å². The molecule has 0 unspecified atom stereocenters. The molecule has 0 aliphatic heterocycles. The van der Waals surface area contributed by atoms with Crippen LogP contribution in [0, 0.1) is 13.8 Å². The number of anilines is 1. The summed E-state index contributed by atoms with van der Waals surface area (Å²) in [5, 5.41) is 3.05. The fourth-order valence-corrected chi connectivity index (χ4v) is 1.69. The van der Waals surface area contributed by atoms with Crippen molar-refractivity contribution >= 4 is 5.82 Å². The molecule has 0 radical (unpaired) electrons. The third-order valence-electron chi connectivity index (χ3n) is 2.49. The zero-order chi connectivity index (χ0) is 11.5. The second-order valence-electron chi connectivity index (χ2n) is 3.63. The van der Waals surface area contributed by atoms with Gasteiger partial charge in [-0.1, -0.05) is 0 Å². The number of nitrogens with zero attached hydrogens (tertiary/aromatic N) is 3. The summed E-state index contributed by atoms with van der Waals surface area (Å²) in [4.78, 5) is 12.7. The van der Waals surface area contributed by atoms with E-state index in [9.17, 15) is 0 Å². The van der Waals surface area contributed by atoms with E-state index in [1.807, 2.05) is 33.0 Å². The SMILES string of the molecule is CNc1ncnc(-c2ccnc(C)c2)c1C. The van der Waals surface area contributed by atoms with Crippen molar-refractivity contribution < 1.29 is 0 Å². The average molecular weight is 214 g/mol. The van der Waals surface area contributed by atoms with Crippen molar-refractivity contribution in [3.63, 3.8) is 0 Å². The Morgan fingerprint density at radius 1 is 1.12 bits per heavy atom. The maximum atomic E-state index is 4.32. The maximum Gasteiger partial charge on any atom is 0.132 e. The summed E-state index contributed by atoms with van der Waals surface area (Å²) in [5.74, 6) is 0.861. The predicted octanol–water partition coefficient (Wildman–Crippen LogP) is 2.20. The standard InChI is InChI=1S/C12H14N4/c1-8-6-10(4-5-14-8)11-9(2)12(13-3)16-7-15-11/h4-7H,1-3H3,(H,13,15,16). The van der Waals surface area contributed by atoms with Crippen LogP contribution in [0.4, 0.5) is 5.82 Å². The van der Waals surface area contributed by atoms with Crippen molar-refractivity contribution in [3.05, 3.63) is 35.9 Å². The predicted molar refractivity (Wildman–Crippen MR) is 64.3 cm³/mol. The van der Waals surface area contributed by atoms with Gasteiger partial charge in [0, 0.05) is 30.1 Å². The van der Waals surface area contributed by atoms with E-state index in [4.69, 9.17) is 0 Å². The lowest BCUT2D eigenvalue weighted by Gasteiger charge is -2.08. The topological polar surface area (TPSA) is 50.7 Å². The quantitative estimate of drug-likeness (QED) is 0.832. The Labute approximate surface area is 94.8 Å². The summed E-state index contributed by atoms with van der Waals surface area (Å²) in [7, 11) is 1.86. The van der Waals surface area contributed by atoms with Gasteiger partial charge in [-0.25, -0.2) is 9.97 Å². The van der Waals surface area contributed by atoms with Gasteiger partial charge in [0.25, 0.3) is 0 Å². The summed E-state index contributed by atoms with van der Waals surface area (Å²) in [6.07, 6.45) is 3.37. The molecule has 0 bridgehead atoms. The van der Waals surface area contributed by atoms with E-state index in [2.05, 4.69) is 20.3 Å². The number of aromatic nitrogens is 3. The first-order valence-electron chi connectivity index (χ1n) is 5.14. The summed E-state index contributed by atoms with van der Waals surface area (Å²) in [5.41, 5.74) is 4.06. The summed E-state index contributed by atoms with van der Waals surface area (Å²) in [6, 6.07) is 3.98. The fraction of sp³-hybridized carbons (Fsp3) is 0.250. The van der Waals surface area contributed by atoms with E-state index in [0.29, 0.717) is 0 Å². The molecule has 2 heterocycles. The molecule has 0 saturated carbocycles. The van der Waals surface area contributed by atoms with Crippen LogP contribution in [-0.2, 0) is 0 Å². The first kappa shape index (κ1) is 10.5. The van der Waals surface area contributed by atoms with Crippen LogP contribution in [0.25, 0.3) is 11.3 Å². The molecule has 0 saturated heterocycles. The number of aryl methyl sites for hydroxylation is 1. The molecule has 0 amide bonds.